The Bertz CT molecular complexity index is 957. The fourth-order valence-electron chi connectivity index (χ4n) is 3.96. The highest BCUT2D eigenvalue weighted by Crippen LogP contribution is 2.36. The fourth-order valence-corrected chi connectivity index (χ4v) is 3.96. The molecular formula is C24H25N2+. The Morgan fingerprint density at radius 1 is 0.808 bits per heavy atom. The van der Waals surface area contributed by atoms with Gasteiger partial charge < -0.3 is 0 Å². The molecule has 0 radical (unpaired) electrons. The molecule has 1 unspecified atom stereocenters. The average molecular weight is 341 g/mol. The average Bonchev–Trinajstić information content (AvgIpc) is 3.05. The quantitative estimate of drug-likeness (QED) is 0.584. The van der Waals surface area contributed by atoms with Crippen LogP contribution in [0.15, 0.2) is 72.8 Å². The molecule has 1 atom stereocenters. The number of rotatable bonds is 3. The van der Waals surface area contributed by atoms with Crippen LogP contribution >= 0.6 is 0 Å². The highest BCUT2D eigenvalue weighted by Gasteiger charge is 2.35. The van der Waals surface area contributed by atoms with Gasteiger partial charge in [-0.3, -0.25) is 0 Å². The Morgan fingerprint density at radius 3 is 2.27 bits per heavy atom. The molecule has 0 N–H and O–H groups in total. The summed E-state index contributed by atoms with van der Waals surface area (Å²) in [6.07, 6.45) is 2.52. The maximum absolute atomic E-state index is 2.40. The zero-order chi connectivity index (χ0) is 18.1. The summed E-state index contributed by atoms with van der Waals surface area (Å²) >= 11 is 0. The summed E-state index contributed by atoms with van der Waals surface area (Å²) in [6.45, 7) is 5.40. The predicted molar refractivity (Wildman–Crippen MR) is 109 cm³/mol. The lowest BCUT2D eigenvalue weighted by atomic mass is 9.92. The van der Waals surface area contributed by atoms with Crippen molar-refractivity contribution in [3.63, 3.8) is 0 Å². The number of para-hydroxylation sites is 1. The van der Waals surface area contributed by atoms with Gasteiger partial charge in [0.15, 0.2) is 6.21 Å². The summed E-state index contributed by atoms with van der Waals surface area (Å²) in [7, 11) is 2.20. The van der Waals surface area contributed by atoms with Gasteiger partial charge in [0.25, 0.3) is 0 Å². The molecule has 1 aliphatic rings. The molecule has 0 spiro atoms. The normalized spacial score (nSPS) is 17.3. The maximum atomic E-state index is 2.40. The first kappa shape index (κ1) is 16.7. The monoisotopic (exact) mass is 341 g/mol. The summed E-state index contributed by atoms with van der Waals surface area (Å²) in [6, 6.07) is 26.0. The van der Waals surface area contributed by atoms with E-state index in [0.29, 0.717) is 0 Å². The van der Waals surface area contributed by atoms with Crippen LogP contribution in [0.2, 0.25) is 0 Å². The minimum Gasteiger partial charge on any atom is -0.235 e. The Hall–Kier alpha value is -2.71. The van der Waals surface area contributed by atoms with E-state index in [4.69, 9.17) is 0 Å². The number of hydrogen-bond acceptors (Lipinski definition) is 1. The Morgan fingerprint density at radius 2 is 1.50 bits per heavy atom. The van der Waals surface area contributed by atoms with E-state index < -0.39 is 0 Å². The molecule has 0 aliphatic carbocycles. The highest BCUT2D eigenvalue weighted by molar-refractivity contribution is 5.72. The number of nitrogens with zero attached hydrogens (tertiary/aromatic N) is 2. The largest absolute Gasteiger partial charge is 0.241 e. The zero-order valence-corrected chi connectivity index (χ0v) is 15.7. The van der Waals surface area contributed by atoms with Crippen molar-refractivity contribution in [3.8, 4) is 11.1 Å². The van der Waals surface area contributed by atoms with E-state index in [1.54, 1.807) is 0 Å². The van der Waals surface area contributed by atoms with Crippen LogP contribution in [0.4, 0.5) is 5.69 Å². The summed E-state index contributed by atoms with van der Waals surface area (Å²) in [5, 5.41) is 0. The third kappa shape index (κ3) is 2.87. The van der Waals surface area contributed by atoms with Crippen LogP contribution < -0.4 is 0 Å². The first-order chi connectivity index (χ1) is 12.7. The van der Waals surface area contributed by atoms with E-state index in [1.165, 1.54) is 33.5 Å². The molecule has 0 fully saturated rings. The zero-order valence-electron chi connectivity index (χ0n) is 15.7. The Balaban J connectivity index is 1.82. The molecule has 130 valence electrons. The SMILES string of the molecule is Cc1ccccc1-c1cccc(C2N(C)CC=[N+]2c2ccccc2)c1C. The number of hydrogen-bond donors (Lipinski definition) is 0. The summed E-state index contributed by atoms with van der Waals surface area (Å²) in [5.41, 5.74) is 7.93. The molecule has 3 aromatic carbocycles. The molecular weight excluding hydrogens is 316 g/mol. The molecule has 2 heteroatoms. The fraction of sp³-hybridized carbons (Fsp3) is 0.208. The lowest BCUT2D eigenvalue weighted by Crippen LogP contribution is -2.25. The topological polar surface area (TPSA) is 6.25 Å². The van der Waals surface area contributed by atoms with E-state index in [1.807, 2.05) is 0 Å². The van der Waals surface area contributed by atoms with Crippen LogP contribution in [-0.2, 0) is 0 Å². The molecule has 4 rings (SSSR count). The molecule has 3 aromatic rings. The summed E-state index contributed by atoms with van der Waals surface area (Å²) < 4.78 is 2.39. The van der Waals surface area contributed by atoms with Crippen LogP contribution in [0.25, 0.3) is 11.1 Å². The minimum atomic E-state index is 0.223. The number of benzene rings is 3. The molecule has 2 nitrogen and oxygen atoms in total. The van der Waals surface area contributed by atoms with Crippen molar-refractivity contribution >= 4 is 11.9 Å². The van der Waals surface area contributed by atoms with Gasteiger partial charge in [-0.15, -0.1) is 0 Å². The second-order valence-corrected chi connectivity index (χ2v) is 7.07. The lowest BCUT2D eigenvalue weighted by Gasteiger charge is -2.21. The van der Waals surface area contributed by atoms with Crippen molar-refractivity contribution in [2.24, 2.45) is 0 Å². The van der Waals surface area contributed by atoms with Crippen molar-refractivity contribution in [1.29, 1.82) is 0 Å². The maximum Gasteiger partial charge on any atom is 0.241 e. The Labute approximate surface area is 156 Å². The van der Waals surface area contributed by atoms with Crippen LogP contribution in [0.5, 0.6) is 0 Å². The van der Waals surface area contributed by atoms with E-state index in [0.717, 1.165) is 6.54 Å². The van der Waals surface area contributed by atoms with Crippen LogP contribution in [0.3, 0.4) is 0 Å². The minimum absolute atomic E-state index is 0.223. The van der Waals surface area contributed by atoms with Gasteiger partial charge in [-0.05, 0) is 43.1 Å². The predicted octanol–water partition coefficient (Wildman–Crippen LogP) is 5.33. The van der Waals surface area contributed by atoms with Crippen LogP contribution in [0, 0.1) is 13.8 Å². The Kier molecular flexibility index (Phi) is 4.44. The van der Waals surface area contributed by atoms with Crippen LogP contribution in [0.1, 0.15) is 22.9 Å². The van der Waals surface area contributed by atoms with Gasteiger partial charge in [-0.25, -0.2) is 4.90 Å². The molecule has 0 bridgehead atoms. The summed E-state index contributed by atoms with van der Waals surface area (Å²) in [4.78, 5) is 2.40. The second-order valence-electron chi connectivity index (χ2n) is 7.07. The van der Waals surface area contributed by atoms with Gasteiger partial charge in [0.2, 0.25) is 11.9 Å². The van der Waals surface area contributed by atoms with Crippen LogP contribution in [-0.4, -0.2) is 29.3 Å². The van der Waals surface area contributed by atoms with Gasteiger partial charge >= 0.3 is 0 Å². The third-order valence-electron chi connectivity index (χ3n) is 5.39. The van der Waals surface area contributed by atoms with Gasteiger partial charge in [0.05, 0.1) is 6.54 Å². The van der Waals surface area contributed by atoms with Crippen molar-refractivity contribution < 1.29 is 4.58 Å². The first-order valence-electron chi connectivity index (χ1n) is 9.19. The van der Waals surface area contributed by atoms with E-state index >= 15 is 0 Å². The van der Waals surface area contributed by atoms with E-state index in [2.05, 4.69) is 109 Å². The smallest absolute Gasteiger partial charge is 0.235 e. The van der Waals surface area contributed by atoms with Crippen molar-refractivity contribution in [3.05, 3.63) is 89.5 Å². The summed E-state index contributed by atoms with van der Waals surface area (Å²) in [5.74, 6) is 0. The van der Waals surface area contributed by atoms with Gasteiger partial charge in [-0.1, -0.05) is 60.7 Å². The number of aryl methyl sites for hydroxylation is 1. The van der Waals surface area contributed by atoms with Gasteiger partial charge in [0, 0.05) is 17.7 Å². The second kappa shape index (κ2) is 6.89. The van der Waals surface area contributed by atoms with E-state index in [-0.39, 0.29) is 6.17 Å². The van der Waals surface area contributed by atoms with Crippen molar-refractivity contribution in [1.82, 2.24) is 4.90 Å². The highest BCUT2D eigenvalue weighted by atomic mass is 15.3. The molecule has 1 heterocycles. The molecule has 26 heavy (non-hydrogen) atoms. The third-order valence-corrected chi connectivity index (χ3v) is 5.39. The van der Waals surface area contributed by atoms with Gasteiger partial charge in [-0.2, -0.15) is 4.58 Å². The van der Waals surface area contributed by atoms with Crippen molar-refractivity contribution in [2.75, 3.05) is 13.6 Å². The molecule has 0 amide bonds. The van der Waals surface area contributed by atoms with E-state index in [9.17, 15) is 0 Å². The standard InChI is InChI=1S/C24H25N2/c1-18-10-7-8-13-21(18)22-14-9-15-23(19(22)2)24-25(3)16-17-26(24)20-11-5-4-6-12-20/h4-15,17,24H,16H2,1-3H3/q+1. The lowest BCUT2D eigenvalue weighted by molar-refractivity contribution is -0.502. The first-order valence-corrected chi connectivity index (χ1v) is 9.19. The molecule has 0 saturated carbocycles. The molecule has 1 aliphatic heterocycles. The van der Waals surface area contributed by atoms with Crippen molar-refractivity contribution in [2.45, 2.75) is 20.0 Å². The van der Waals surface area contributed by atoms with Gasteiger partial charge in [0.1, 0.15) is 0 Å². The molecule has 0 aromatic heterocycles. The molecule has 0 saturated heterocycles.